The Kier molecular flexibility index (Phi) is 7.77. The molecule has 3 rings (SSSR count). The van der Waals surface area contributed by atoms with Crippen LogP contribution in [-0.4, -0.2) is 54.5 Å². The van der Waals surface area contributed by atoms with Crippen LogP contribution in [0.2, 0.25) is 0 Å². The SMILES string of the molecule is CCOc1cc(Cc2cnc(N)nc2N)cc(OS(=O)(=O)N(C)C)c1-c1ccc(CC(=O)O)cc1. The zero-order chi connectivity index (χ0) is 25.8. The first-order valence-corrected chi connectivity index (χ1v) is 12.0. The van der Waals surface area contributed by atoms with Crippen LogP contribution in [-0.2, 0) is 27.9 Å². The zero-order valence-electron chi connectivity index (χ0n) is 19.6. The van der Waals surface area contributed by atoms with E-state index >= 15 is 0 Å². The van der Waals surface area contributed by atoms with E-state index < -0.39 is 16.3 Å². The molecule has 0 aliphatic carbocycles. The molecule has 0 saturated carbocycles. The molecule has 0 amide bonds. The number of aromatic nitrogens is 2. The molecule has 0 aliphatic rings. The number of carboxylic acid groups (broad SMARTS) is 1. The predicted molar refractivity (Wildman–Crippen MR) is 131 cm³/mol. The fourth-order valence-electron chi connectivity index (χ4n) is 3.31. The molecule has 186 valence electrons. The summed E-state index contributed by atoms with van der Waals surface area (Å²) in [6.07, 6.45) is 1.63. The van der Waals surface area contributed by atoms with E-state index in [0.29, 0.717) is 40.2 Å². The van der Waals surface area contributed by atoms with Gasteiger partial charge in [-0.3, -0.25) is 4.79 Å². The maximum absolute atomic E-state index is 12.6. The number of nitrogen functional groups attached to an aromatic ring is 2. The van der Waals surface area contributed by atoms with E-state index in [0.717, 1.165) is 4.31 Å². The number of anilines is 2. The van der Waals surface area contributed by atoms with E-state index in [1.54, 1.807) is 43.3 Å². The molecule has 0 saturated heterocycles. The lowest BCUT2D eigenvalue weighted by molar-refractivity contribution is -0.136. The van der Waals surface area contributed by atoms with E-state index in [-0.39, 0.29) is 30.4 Å². The van der Waals surface area contributed by atoms with E-state index in [1.807, 2.05) is 0 Å². The highest BCUT2D eigenvalue weighted by atomic mass is 32.2. The van der Waals surface area contributed by atoms with E-state index in [1.165, 1.54) is 20.3 Å². The first-order valence-electron chi connectivity index (χ1n) is 10.6. The third-order valence-corrected chi connectivity index (χ3v) is 6.26. The quantitative estimate of drug-likeness (QED) is 0.374. The maximum atomic E-state index is 12.6. The predicted octanol–water partition coefficient (Wildman–Crippen LogP) is 2.11. The molecule has 0 spiro atoms. The van der Waals surface area contributed by atoms with Crippen molar-refractivity contribution in [3.8, 4) is 22.6 Å². The van der Waals surface area contributed by atoms with Gasteiger partial charge >= 0.3 is 16.3 Å². The summed E-state index contributed by atoms with van der Waals surface area (Å²) in [6.45, 7) is 2.11. The maximum Gasteiger partial charge on any atom is 0.384 e. The van der Waals surface area contributed by atoms with Gasteiger partial charge in [0.1, 0.15) is 11.6 Å². The third kappa shape index (κ3) is 6.37. The molecule has 0 radical (unpaired) electrons. The zero-order valence-corrected chi connectivity index (χ0v) is 20.4. The van der Waals surface area contributed by atoms with Gasteiger partial charge in [0, 0.05) is 32.3 Å². The summed E-state index contributed by atoms with van der Waals surface area (Å²) >= 11 is 0. The highest BCUT2D eigenvalue weighted by Gasteiger charge is 2.23. The third-order valence-electron chi connectivity index (χ3n) is 4.98. The summed E-state index contributed by atoms with van der Waals surface area (Å²) < 4.78 is 37.6. The lowest BCUT2D eigenvalue weighted by atomic mass is 9.97. The van der Waals surface area contributed by atoms with Crippen LogP contribution >= 0.6 is 0 Å². The van der Waals surface area contributed by atoms with Crippen molar-refractivity contribution >= 4 is 28.0 Å². The summed E-state index contributed by atoms with van der Waals surface area (Å²) in [5, 5.41) is 9.04. The molecule has 11 nitrogen and oxygen atoms in total. The highest BCUT2D eigenvalue weighted by molar-refractivity contribution is 7.84. The minimum absolute atomic E-state index is 0.0422. The molecule has 0 bridgehead atoms. The van der Waals surface area contributed by atoms with Gasteiger partial charge in [-0.25, -0.2) is 4.98 Å². The fourth-order valence-corrected chi connectivity index (χ4v) is 3.82. The van der Waals surface area contributed by atoms with Crippen LogP contribution in [0.4, 0.5) is 11.8 Å². The monoisotopic (exact) mass is 501 g/mol. The first kappa shape index (κ1) is 25.7. The van der Waals surface area contributed by atoms with Crippen molar-refractivity contribution in [2.75, 3.05) is 32.2 Å². The minimum atomic E-state index is -4.11. The second-order valence-corrected chi connectivity index (χ2v) is 9.56. The van der Waals surface area contributed by atoms with Gasteiger partial charge in [0.15, 0.2) is 5.75 Å². The number of nitrogens with zero attached hydrogens (tertiary/aromatic N) is 3. The molecule has 5 N–H and O–H groups in total. The van der Waals surface area contributed by atoms with Crippen LogP contribution in [0.3, 0.4) is 0 Å². The van der Waals surface area contributed by atoms with Crippen molar-refractivity contribution in [2.24, 2.45) is 0 Å². The summed E-state index contributed by atoms with van der Waals surface area (Å²) in [6, 6.07) is 10.0. The number of nitrogens with two attached hydrogens (primary N) is 2. The number of ether oxygens (including phenoxy) is 1. The van der Waals surface area contributed by atoms with Crippen LogP contribution in [0.1, 0.15) is 23.6 Å². The van der Waals surface area contributed by atoms with Crippen LogP contribution in [0, 0.1) is 0 Å². The Morgan fingerprint density at radius 2 is 1.74 bits per heavy atom. The number of carboxylic acids is 1. The van der Waals surface area contributed by atoms with Crippen molar-refractivity contribution in [3.05, 3.63) is 59.3 Å². The molecule has 0 unspecified atom stereocenters. The molecular formula is C23H27N5O6S. The van der Waals surface area contributed by atoms with Crippen LogP contribution in [0.5, 0.6) is 11.5 Å². The van der Waals surface area contributed by atoms with Gasteiger partial charge in [-0.05, 0) is 35.7 Å². The first-order chi connectivity index (χ1) is 16.5. The Labute approximate surface area is 203 Å². The number of aliphatic carboxylic acids is 1. The Bertz CT molecular complexity index is 1330. The fraction of sp³-hybridized carbons (Fsp3) is 0.261. The molecule has 35 heavy (non-hydrogen) atoms. The Balaban J connectivity index is 2.16. The molecule has 1 heterocycles. The molecule has 3 aromatic rings. The van der Waals surface area contributed by atoms with Gasteiger partial charge in [0.2, 0.25) is 5.95 Å². The smallest absolute Gasteiger partial charge is 0.384 e. The molecule has 1 aromatic heterocycles. The topological polar surface area (TPSA) is 171 Å². The summed E-state index contributed by atoms with van der Waals surface area (Å²) in [4.78, 5) is 19.0. The normalized spacial score (nSPS) is 11.4. The number of carbonyl (C=O) groups is 1. The van der Waals surface area contributed by atoms with Crippen molar-refractivity contribution in [1.29, 1.82) is 0 Å². The van der Waals surface area contributed by atoms with Crippen LogP contribution < -0.4 is 20.4 Å². The van der Waals surface area contributed by atoms with Crippen molar-refractivity contribution in [1.82, 2.24) is 14.3 Å². The average molecular weight is 502 g/mol. The molecule has 0 aliphatic heterocycles. The standard InChI is InChI=1S/C23H27N5O6S/c1-4-33-18-10-15(9-17-13-26-23(25)27-22(17)24)11-19(34-35(31,32)28(2)3)21(18)16-7-5-14(6-8-16)12-20(29)30/h5-8,10-11,13H,4,9,12H2,1-3H3,(H,29,30)(H4,24,25,26,27). The molecule has 12 heteroatoms. The second kappa shape index (κ2) is 10.6. The van der Waals surface area contributed by atoms with Crippen LogP contribution in [0.25, 0.3) is 11.1 Å². The van der Waals surface area contributed by atoms with Crippen molar-refractivity contribution in [3.63, 3.8) is 0 Å². The van der Waals surface area contributed by atoms with Gasteiger partial charge in [0.05, 0.1) is 18.6 Å². The van der Waals surface area contributed by atoms with Crippen LogP contribution in [0.15, 0.2) is 42.6 Å². The summed E-state index contributed by atoms with van der Waals surface area (Å²) in [5.74, 6) is -0.277. The molecule has 0 atom stereocenters. The van der Waals surface area contributed by atoms with Crippen molar-refractivity contribution < 1.29 is 27.2 Å². The van der Waals surface area contributed by atoms with Gasteiger partial charge in [-0.1, -0.05) is 24.3 Å². The summed E-state index contributed by atoms with van der Waals surface area (Å²) in [7, 11) is -1.39. The van der Waals surface area contributed by atoms with Gasteiger partial charge in [0.25, 0.3) is 0 Å². The number of benzene rings is 2. The van der Waals surface area contributed by atoms with E-state index in [2.05, 4.69) is 9.97 Å². The highest BCUT2D eigenvalue weighted by Crippen LogP contribution is 2.41. The molecule has 0 fully saturated rings. The lowest BCUT2D eigenvalue weighted by Gasteiger charge is -2.20. The summed E-state index contributed by atoms with van der Waals surface area (Å²) in [5.41, 5.74) is 14.4. The van der Waals surface area contributed by atoms with Gasteiger partial charge in [-0.15, -0.1) is 0 Å². The minimum Gasteiger partial charge on any atom is -0.493 e. The van der Waals surface area contributed by atoms with Gasteiger partial charge < -0.3 is 25.5 Å². The largest absolute Gasteiger partial charge is 0.493 e. The molecule has 2 aromatic carbocycles. The molecular weight excluding hydrogens is 474 g/mol. The Hall–Kier alpha value is -3.90. The number of hydrogen-bond donors (Lipinski definition) is 3. The Morgan fingerprint density at radius 3 is 2.31 bits per heavy atom. The van der Waals surface area contributed by atoms with E-state index in [9.17, 15) is 13.2 Å². The number of rotatable bonds is 10. The Morgan fingerprint density at radius 1 is 1.09 bits per heavy atom. The number of hydrogen-bond acceptors (Lipinski definition) is 9. The second-order valence-electron chi connectivity index (χ2n) is 7.81. The van der Waals surface area contributed by atoms with Gasteiger partial charge in [-0.2, -0.15) is 17.7 Å². The lowest BCUT2D eigenvalue weighted by Crippen LogP contribution is -2.27. The van der Waals surface area contributed by atoms with Crippen molar-refractivity contribution in [2.45, 2.75) is 19.8 Å². The van der Waals surface area contributed by atoms with E-state index in [4.69, 9.17) is 25.5 Å². The average Bonchev–Trinajstić information content (AvgIpc) is 2.76.